The van der Waals surface area contributed by atoms with Crippen LogP contribution in [0, 0.1) is 13.8 Å². The quantitative estimate of drug-likeness (QED) is 0.466. The number of amides is 2. The van der Waals surface area contributed by atoms with Crippen molar-refractivity contribution < 1.29 is 4.79 Å². The van der Waals surface area contributed by atoms with Gasteiger partial charge in [-0.05, 0) is 73.0 Å². The lowest BCUT2D eigenvalue weighted by Crippen LogP contribution is -2.19. The Morgan fingerprint density at radius 3 is 2.07 bits per heavy atom. The van der Waals surface area contributed by atoms with Crippen molar-refractivity contribution in [1.82, 2.24) is 0 Å². The first-order chi connectivity index (χ1) is 13.5. The Labute approximate surface area is 164 Å². The predicted octanol–water partition coefficient (Wildman–Crippen LogP) is 7.01. The lowest BCUT2D eigenvalue weighted by atomic mass is 10.1. The van der Waals surface area contributed by atoms with Crippen LogP contribution in [0.1, 0.15) is 16.7 Å². The Bertz CT molecular complexity index is 1010. The maximum atomic E-state index is 12.1. The van der Waals surface area contributed by atoms with Crippen LogP contribution in [-0.2, 0) is 0 Å². The van der Waals surface area contributed by atoms with E-state index < -0.39 is 0 Å². The number of urea groups is 1. The molecule has 2 amide bonds. The first kappa shape index (κ1) is 19.0. The topological polar surface area (TPSA) is 65.8 Å². The minimum atomic E-state index is -0.309. The second kappa shape index (κ2) is 8.77. The molecule has 140 valence electrons. The van der Waals surface area contributed by atoms with Crippen molar-refractivity contribution in [2.75, 3.05) is 10.6 Å². The molecular weight excluding hydrogens is 348 g/mol. The smallest absolute Gasteiger partial charge is 0.308 e. The third-order valence-corrected chi connectivity index (χ3v) is 4.38. The first-order valence-corrected chi connectivity index (χ1v) is 8.94. The minimum Gasteiger partial charge on any atom is -0.308 e. The average molecular weight is 370 g/mol. The summed E-state index contributed by atoms with van der Waals surface area (Å²) in [7, 11) is 0. The van der Waals surface area contributed by atoms with Gasteiger partial charge in [0.1, 0.15) is 0 Å². The number of anilines is 2. The second-order valence-electron chi connectivity index (χ2n) is 6.37. The fraction of sp³-hybridized carbons (Fsp3) is 0.0870. The highest BCUT2D eigenvalue weighted by Crippen LogP contribution is 2.24. The summed E-state index contributed by atoms with van der Waals surface area (Å²) in [5.74, 6) is 0. The van der Waals surface area contributed by atoms with Gasteiger partial charge < -0.3 is 10.6 Å². The summed E-state index contributed by atoms with van der Waals surface area (Å²) < 4.78 is 0. The molecule has 5 nitrogen and oxygen atoms in total. The summed E-state index contributed by atoms with van der Waals surface area (Å²) in [5, 5.41) is 14.2. The highest BCUT2D eigenvalue weighted by Gasteiger charge is 2.03. The highest BCUT2D eigenvalue weighted by molar-refractivity contribution is 5.99. The zero-order valence-corrected chi connectivity index (χ0v) is 15.9. The number of carbonyl (C=O) groups is 1. The Morgan fingerprint density at radius 2 is 1.46 bits per heavy atom. The molecule has 2 N–H and O–H groups in total. The van der Waals surface area contributed by atoms with Gasteiger partial charge in [-0.3, -0.25) is 0 Å². The largest absolute Gasteiger partial charge is 0.323 e. The molecule has 0 radical (unpaired) electrons. The maximum absolute atomic E-state index is 12.1. The molecule has 3 aromatic carbocycles. The van der Waals surface area contributed by atoms with Crippen molar-refractivity contribution in [2.24, 2.45) is 10.2 Å². The molecular formula is C23H22N4O. The third-order valence-electron chi connectivity index (χ3n) is 4.38. The van der Waals surface area contributed by atoms with Crippen molar-refractivity contribution in [3.05, 3.63) is 90.0 Å². The molecule has 0 aliphatic rings. The third kappa shape index (κ3) is 4.92. The van der Waals surface area contributed by atoms with Crippen LogP contribution in [0.2, 0.25) is 0 Å². The summed E-state index contributed by atoms with van der Waals surface area (Å²) in [6, 6.07) is 20.3. The lowest BCUT2D eigenvalue weighted by molar-refractivity contribution is 0.262. The molecule has 0 saturated carbocycles. The van der Waals surface area contributed by atoms with E-state index in [0.29, 0.717) is 17.1 Å². The van der Waals surface area contributed by atoms with Crippen LogP contribution in [0.3, 0.4) is 0 Å². The van der Waals surface area contributed by atoms with Gasteiger partial charge in [0.15, 0.2) is 0 Å². The standard InChI is InChI=1S/C23H22N4O/c1-4-18-8-10-19(11-9-18)24-23(28)25-20-12-14-21(15-13-20)26-27-22-7-5-6-16(2)17(22)3/h4-15H,1H2,2-3H3,(H2,24,25,28). The number of azo groups is 1. The van der Waals surface area contributed by atoms with Crippen molar-refractivity contribution >= 4 is 34.9 Å². The van der Waals surface area contributed by atoms with Gasteiger partial charge in [-0.15, -0.1) is 0 Å². The zero-order valence-electron chi connectivity index (χ0n) is 15.9. The average Bonchev–Trinajstić information content (AvgIpc) is 2.71. The fourth-order valence-electron chi connectivity index (χ4n) is 2.56. The Morgan fingerprint density at radius 1 is 0.857 bits per heavy atom. The summed E-state index contributed by atoms with van der Waals surface area (Å²) in [6.45, 7) is 7.79. The number of aryl methyl sites for hydroxylation is 1. The number of rotatable bonds is 5. The van der Waals surface area contributed by atoms with Gasteiger partial charge in [-0.25, -0.2) is 4.79 Å². The van der Waals surface area contributed by atoms with Gasteiger partial charge in [0, 0.05) is 11.4 Å². The van der Waals surface area contributed by atoms with E-state index >= 15 is 0 Å². The molecule has 0 aliphatic heterocycles. The van der Waals surface area contributed by atoms with Crippen LogP contribution < -0.4 is 10.6 Å². The van der Waals surface area contributed by atoms with Gasteiger partial charge in [0.05, 0.1) is 11.4 Å². The molecule has 3 rings (SSSR count). The molecule has 0 heterocycles. The van der Waals surface area contributed by atoms with Crippen molar-refractivity contribution in [1.29, 1.82) is 0 Å². The number of carbonyl (C=O) groups excluding carboxylic acids is 1. The minimum absolute atomic E-state index is 0.309. The molecule has 0 aliphatic carbocycles. The van der Waals surface area contributed by atoms with Crippen molar-refractivity contribution in [3.63, 3.8) is 0 Å². The van der Waals surface area contributed by atoms with Crippen LogP contribution in [0.5, 0.6) is 0 Å². The van der Waals surface area contributed by atoms with E-state index in [1.165, 1.54) is 5.56 Å². The highest BCUT2D eigenvalue weighted by atomic mass is 16.2. The van der Waals surface area contributed by atoms with Gasteiger partial charge in [0.25, 0.3) is 0 Å². The maximum Gasteiger partial charge on any atom is 0.323 e. The normalized spacial score (nSPS) is 10.6. The zero-order chi connectivity index (χ0) is 19.9. The van der Waals surface area contributed by atoms with Crippen molar-refractivity contribution in [2.45, 2.75) is 13.8 Å². The molecule has 0 spiro atoms. The number of nitrogens with one attached hydrogen (secondary N) is 2. The Hall–Kier alpha value is -3.73. The summed E-state index contributed by atoms with van der Waals surface area (Å²) >= 11 is 0. The van der Waals surface area contributed by atoms with Crippen LogP contribution in [-0.4, -0.2) is 6.03 Å². The lowest BCUT2D eigenvalue weighted by Gasteiger charge is -2.08. The molecule has 3 aromatic rings. The van der Waals surface area contributed by atoms with E-state index in [4.69, 9.17) is 0 Å². The van der Waals surface area contributed by atoms with E-state index in [-0.39, 0.29) is 6.03 Å². The number of hydrogen-bond acceptors (Lipinski definition) is 3. The monoisotopic (exact) mass is 370 g/mol. The van der Waals surface area contributed by atoms with Crippen molar-refractivity contribution in [3.8, 4) is 0 Å². The molecule has 0 aromatic heterocycles. The second-order valence-corrected chi connectivity index (χ2v) is 6.37. The first-order valence-electron chi connectivity index (χ1n) is 8.94. The fourth-order valence-corrected chi connectivity index (χ4v) is 2.56. The van der Waals surface area contributed by atoms with Crippen LogP contribution in [0.15, 0.2) is 83.5 Å². The molecule has 0 fully saturated rings. The summed E-state index contributed by atoms with van der Waals surface area (Å²) in [5.41, 5.74) is 6.24. The Balaban J connectivity index is 1.60. The van der Waals surface area contributed by atoms with Gasteiger partial charge >= 0.3 is 6.03 Å². The van der Waals surface area contributed by atoms with Gasteiger partial charge in [0.2, 0.25) is 0 Å². The van der Waals surface area contributed by atoms with E-state index in [1.807, 2.05) is 68.4 Å². The SMILES string of the molecule is C=Cc1ccc(NC(=O)Nc2ccc(N=Nc3cccc(C)c3C)cc2)cc1. The number of nitrogens with zero attached hydrogens (tertiary/aromatic N) is 2. The van der Waals surface area contributed by atoms with E-state index in [1.54, 1.807) is 18.2 Å². The summed E-state index contributed by atoms with van der Waals surface area (Å²) in [6.07, 6.45) is 1.75. The molecule has 0 atom stereocenters. The summed E-state index contributed by atoms with van der Waals surface area (Å²) in [4.78, 5) is 12.1. The van der Waals surface area contributed by atoms with Crippen LogP contribution in [0.25, 0.3) is 6.08 Å². The van der Waals surface area contributed by atoms with Crippen LogP contribution >= 0.6 is 0 Å². The van der Waals surface area contributed by atoms with E-state index in [0.717, 1.165) is 16.8 Å². The van der Waals surface area contributed by atoms with Gasteiger partial charge in [-0.2, -0.15) is 10.2 Å². The molecule has 0 bridgehead atoms. The number of hydrogen-bond donors (Lipinski definition) is 2. The number of benzene rings is 3. The van der Waals surface area contributed by atoms with Gasteiger partial charge in [-0.1, -0.05) is 36.9 Å². The Kier molecular flexibility index (Phi) is 5.97. The van der Waals surface area contributed by atoms with Crippen LogP contribution in [0.4, 0.5) is 27.5 Å². The molecule has 5 heteroatoms. The molecule has 0 saturated heterocycles. The van der Waals surface area contributed by atoms with E-state index in [2.05, 4.69) is 27.4 Å². The molecule has 28 heavy (non-hydrogen) atoms. The predicted molar refractivity (Wildman–Crippen MR) is 116 cm³/mol. The molecule has 0 unspecified atom stereocenters. The van der Waals surface area contributed by atoms with E-state index in [9.17, 15) is 4.79 Å².